The van der Waals surface area contributed by atoms with Crippen LogP contribution in [0.1, 0.15) is 19.3 Å². The second-order valence-electron chi connectivity index (χ2n) is 3.91. The van der Waals surface area contributed by atoms with Gasteiger partial charge in [-0.3, -0.25) is 0 Å². The molecule has 1 aromatic rings. The summed E-state index contributed by atoms with van der Waals surface area (Å²) in [5, 5.41) is 0. The van der Waals surface area contributed by atoms with Crippen LogP contribution in [-0.2, 0) is 0 Å². The number of hydrogen-bond acceptors (Lipinski definition) is 2. The molecule has 1 aromatic carbocycles. The van der Waals surface area contributed by atoms with Crippen LogP contribution in [-0.4, -0.2) is 6.61 Å². The van der Waals surface area contributed by atoms with Crippen LogP contribution < -0.4 is 10.5 Å². The number of ether oxygens (including phenoxy) is 1. The lowest BCUT2D eigenvalue weighted by molar-refractivity contribution is 0.176. The number of anilines is 1. The Hall–Kier alpha value is -1.32. The summed E-state index contributed by atoms with van der Waals surface area (Å²) in [6, 6.07) is 1.85. The molecule has 4 heteroatoms. The molecule has 0 spiro atoms. The van der Waals surface area contributed by atoms with Crippen molar-refractivity contribution in [2.45, 2.75) is 19.3 Å². The Kier molecular flexibility index (Phi) is 2.75. The van der Waals surface area contributed by atoms with E-state index in [1.165, 1.54) is 6.42 Å². The van der Waals surface area contributed by atoms with E-state index < -0.39 is 11.6 Å². The first-order chi connectivity index (χ1) is 7.16. The number of nitrogens with two attached hydrogens (primary N) is 1. The molecule has 0 radical (unpaired) electrons. The predicted molar refractivity (Wildman–Crippen MR) is 53.6 cm³/mol. The minimum Gasteiger partial charge on any atom is -0.488 e. The van der Waals surface area contributed by atoms with Crippen molar-refractivity contribution in [3.8, 4) is 5.75 Å². The zero-order valence-electron chi connectivity index (χ0n) is 8.30. The minimum absolute atomic E-state index is 0.0202. The fraction of sp³-hybridized carbons (Fsp3) is 0.455. The first kappa shape index (κ1) is 10.2. The average Bonchev–Trinajstić information content (AvgIpc) is 2.06. The molecule has 15 heavy (non-hydrogen) atoms. The SMILES string of the molecule is Nc1cc(F)cc(F)c1OCC1CCC1. The summed E-state index contributed by atoms with van der Waals surface area (Å²) in [4.78, 5) is 0. The van der Waals surface area contributed by atoms with Crippen molar-refractivity contribution < 1.29 is 13.5 Å². The van der Waals surface area contributed by atoms with Gasteiger partial charge >= 0.3 is 0 Å². The molecule has 1 aliphatic rings. The van der Waals surface area contributed by atoms with Gasteiger partial charge in [0.2, 0.25) is 0 Å². The molecule has 0 aromatic heterocycles. The molecule has 0 amide bonds. The Morgan fingerprint density at radius 2 is 2.07 bits per heavy atom. The van der Waals surface area contributed by atoms with E-state index in [0.717, 1.165) is 25.0 Å². The molecule has 0 unspecified atom stereocenters. The smallest absolute Gasteiger partial charge is 0.178 e. The van der Waals surface area contributed by atoms with Gasteiger partial charge in [-0.1, -0.05) is 6.42 Å². The highest BCUT2D eigenvalue weighted by molar-refractivity contribution is 5.53. The summed E-state index contributed by atoms with van der Waals surface area (Å²) >= 11 is 0. The Balaban J connectivity index is 2.05. The van der Waals surface area contributed by atoms with Crippen LogP contribution in [0.15, 0.2) is 12.1 Å². The molecular weight excluding hydrogens is 200 g/mol. The van der Waals surface area contributed by atoms with Gasteiger partial charge in [-0.15, -0.1) is 0 Å². The van der Waals surface area contributed by atoms with Gasteiger partial charge in [0.1, 0.15) is 5.82 Å². The Morgan fingerprint density at radius 1 is 1.33 bits per heavy atom. The highest BCUT2D eigenvalue weighted by Gasteiger charge is 2.19. The Bertz CT molecular complexity index is 341. The summed E-state index contributed by atoms with van der Waals surface area (Å²) in [7, 11) is 0. The summed E-state index contributed by atoms with van der Waals surface area (Å²) in [5.74, 6) is -0.940. The predicted octanol–water partition coefficient (Wildman–Crippen LogP) is 2.73. The molecule has 0 heterocycles. The van der Waals surface area contributed by atoms with Crippen molar-refractivity contribution in [2.75, 3.05) is 12.3 Å². The van der Waals surface area contributed by atoms with Crippen LogP contribution in [0.5, 0.6) is 5.75 Å². The van der Waals surface area contributed by atoms with E-state index in [2.05, 4.69) is 0 Å². The molecule has 0 atom stereocenters. The zero-order valence-corrected chi connectivity index (χ0v) is 8.30. The largest absolute Gasteiger partial charge is 0.488 e. The first-order valence-electron chi connectivity index (χ1n) is 5.04. The topological polar surface area (TPSA) is 35.2 Å². The second-order valence-corrected chi connectivity index (χ2v) is 3.91. The molecule has 0 aliphatic heterocycles. The minimum atomic E-state index is -0.730. The fourth-order valence-electron chi connectivity index (χ4n) is 1.59. The molecule has 1 saturated carbocycles. The summed E-state index contributed by atoms with van der Waals surface area (Å²) in [5.41, 5.74) is 5.48. The first-order valence-corrected chi connectivity index (χ1v) is 5.04. The van der Waals surface area contributed by atoms with Crippen molar-refractivity contribution >= 4 is 5.69 Å². The van der Waals surface area contributed by atoms with E-state index in [4.69, 9.17) is 10.5 Å². The van der Waals surface area contributed by atoms with E-state index in [-0.39, 0.29) is 11.4 Å². The third-order valence-corrected chi connectivity index (χ3v) is 2.73. The molecule has 1 aliphatic carbocycles. The number of halogens is 2. The molecule has 0 saturated heterocycles. The number of hydrogen-bond donors (Lipinski definition) is 1. The number of rotatable bonds is 3. The van der Waals surface area contributed by atoms with Crippen LogP contribution in [0.3, 0.4) is 0 Å². The van der Waals surface area contributed by atoms with Gasteiger partial charge in [0, 0.05) is 12.1 Å². The third kappa shape index (κ3) is 2.19. The molecule has 2 nitrogen and oxygen atoms in total. The monoisotopic (exact) mass is 213 g/mol. The molecule has 2 N–H and O–H groups in total. The van der Waals surface area contributed by atoms with Crippen molar-refractivity contribution in [2.24, 2.45) is 5.92 Å². The zero-order chi connectivity index (χ0) is 10.8. The highest BCUT2D eigenvalue weighted by Crippen LogP contribution is 2.30. The highest BCUT2D eigenvalue weighted by atomic mass is 19.1. The van der Waals surface area contributed by atoms with Gasteiger partial charge in [-0.05, 0) is 18.8 Å². The van der Waals surface area contributed by atoms with E-state index in [1.54, 1.807) is 0 Å². The number of benzene rings is 1. The maximum absolute atomic E-state index is 13.2. The maximum atomic E-state index is 13.2. The lowest BCUT2D eigenvalue weighted by Gasteiger charge is -2.25. The van der Waals surface area contributed by atoms with E-state index in [9.17, 15) is 8.78 Å². The summed E-state index contributed by atoms with van der Waals surface area (Å²) in [6.07, 6.45) is 3.43. The van der Waals surface area contributed by atoms with Gasteiger partial charge in [-0.25, -0.2) is 8.78 Å². The van der Waals surface area contributed by atoms with Gasteiger partial charge in [0.25, 0.3) is 0 Å². The summed E-state index contributed by atoms with van der Waals surface area (Å²) in [6.45, 7) is 0.465. The van der Waals surface area contributed by atoms with Gasteiger partial charge in [0.05, 0.1) is 12.3 Å². The molecule has 82 valence electrons. The van der Waals surface area contributed by atoms with Crippen LogP contribution in [0.4, 0.5) is 14.5 Å². The molecule has 2 rings (SSSR count). The van der Waals surface area contributed by atoms with Crippen molar-refractivity contribution in [3.63, 3.8) is 0 Å². The van der Waals surface area contributed by atoms with E-state index in [0.29, 0.717) is 12.5 Å². The Morgan fingerprint density at radius 3 is 2.60 bits per heavy atom. The van der Waals surface area contributed by atoms with Gasteiger partial charge in [0.15, 0.2) is 11.6 Å². The standard InChI is InChI=1S/C11H13F2NO/c12-8-4-9(13)11(10(14)5-8)15-6-7-2-1-3-7/h4-5,7H,1-3,6,14H2. The Labute approximate surface area is 87.0 Å². The van der Waals surface area contributed by atoms with Gasteiger partial charge in [-0.2, -0.15) is 0 Å². The van der Waals surface area contributed by atoms with Crippen molar-refractivity contribution in [3.05, 3.63) is 23.8 Å². The van der Waals surface area contributed by atoms with E-state index in [1.807, 2.05) is 0 Å². The normalized spacial score (nSPS) is 16.1. The fourth-order valence-corrected chi connectivity index (χ4v) is 1.59. The van der Waals surface area contributed by atoms with Crippen molar-refractivity contribution in [1.82, 2.24) is 0 Å². The second kappa shape index (κ2) is 4.04. The maximum Gasteiger partial charge on any atom is 0.178 e. The van der Waals surface area contributed by atoms with Crippen molar-refractivity contribution in [1.29, 1.82) is 0 Å². The lowest BCUT2D eigenvalue weighted by atomic mass is 9.86. The third-order valence-electron chi connectivity index (χ3n) is 2.73. The quantitative estimate of drug-likeness (QED) is 0.783. The van der Waals surface area contributed by atoms with Crippen LogP contribution in [0.25, 0.3) is 0 Å². The van der Waals surface area contributed by atoms with Crippen LogP contribution in [0, 0.1) is 17.6 Å². The lowest BCUT2D eigenvalue weighted by Crippen LogP contribution is -2.20. The van der Waals surface area contributed by atoms with E-state index >= 15 is 0 Å². The van der Waals surface area contributed by atoms with Crippen LogP contribution in [0.2, 0.25) is 0 Å². The molecule has 0 bridgehead atoms. The summed E-state index contributed by atoms with van der Waals surface area (Å²) < 4.78 is 31.2. The number of nitrogen functional groups attached to an aromatic ring is 1. The average molecular weight is 213 g/mol. The molecular formula is C11H13F2NO. The van der Waals surface area contributed by atoms with Crippen LogP contribution >= 0.6 is 0 Å². The molecule has 1 fully saturated rings. The van der Waals surface area contributed by atoms with Gasteiger partial charge < -0.3 is 10.5 Å².